The van der Waals surface area contributed by atoms with Gasteiger partial charge < -0.3 is 15.0 Å². The van der Waals surface area contributed by atoms with Gasteiger partial charge in [0.05, 0.1) is 0 Å². The predicted octanol–water partition coefficient (Wildman–Crippen LogP) is 3.71. The highest BCUT2D eigenvalue weighted by molar-refractivity contribution is 5.87. The van der Waals surface area contributed by atoms with Crippen molar-refractivity contribution in [3.63, 3.8) is 0 Å². The van der Waals surface area contributed by atoms with Crippen LogP contribution in [-0.4, -0.2) is 35.9 Å². The van der Waals surface area contributed by atoms with Gasteiger partial charge in [-0.05, 0) is 43.5 Å². The van der Waals surface area contributed by atoms with Crippen LogP contribution < -0.4 is 10.1 Å². The number of unbranched alkanes of at least 4 members (excludes halogenated alkanes) is 1. The molecule has 1 N–H and O–H groups in total. The molecule has 1 unspecified atom stereocenters. The predicted molar refractivity (Wildman–Crippen MR) is 111 cm³/mol. The van der Waals surface area contributed by atoms with Crippen molar-refractivity contribution in [3.8, 4) is 5.75 Å². The minimum atomic E-state index is -0.580. The standard InChI is InChI=1S/C23H30N2O3/c1-4-5-15-24-23(27)19(3)25(16-20-12-10-9-11-18(20)2)22(26)17-28-21-13-7-6-8-14-21/h6-14,19H,4-5,15-17H2,1-3H3,(H,24,27). The zero-order valence-electron chi connectivity index (χ0n) is 17.0. The number of benzene rings is 2. The fourth-order valence-electron chi connectivity index (χ4n) is 2.83. The number of nitrogens with zero attached hydrogens (tertiary/aromatic N) is 1. The molecule has 2 amide bonds. The lowest BCUT2D eigenvalue weighted by atomic mass is 10.1. The molecular weight excluding hydrogens is 352 g/mol. The number of nitrogens with one attached hydrogen (secondary N) is 1. The van der Waals surface area contributed by atoms with E-state index in [0.29, 0.717) is 18.8 Å². The Morgan fingerprint density at radius 2 is 1.75 bits per heavy atom. The van der Waals surface area contributed by atoms with Gasteiger partial charge in [-0.3, -0.25) is 9.59 Å². The number of ether oxygens (including phenoxy) is 1. The van der Waals surface area contributed by atoms with E-state index in [4.69, 9.17) is 4.74 Å². The molecule has 0 fully saturated rings. The lowest BCUT2D eigenvalue weighted by Gasteiger charge is -2.29. The van der Waals surface area contributed by atoms with Crippen LogP contribution in [-0.2, 0) is 16.1 Å². The van der Waals surface area contributed by atoms with Gasteiger partial charge in [0, 0.05) is 13.1 Å². The zero-order valence-corrected chi connectivity index (χ0v) is 17.0. The third kappa shape index (κ3) is 6.41. The molecule has 1 atom stereocenters. The summed E-state index contributed by atoms with van der Waals surface area (Å²) in [6, 6.07) is 16.5. The normalized spacial score (nSPS) is 11.5. The summed E-state index contributed by atoms with van der Waals surface area (Å²) in [7, 11) is 0. The topological polar surface area (TPSA) is 58.6 Å². The molecule has 2 aromatic rings. The van der Waals surface area contributed by atoms with Crippen LogP contribution in [0.2, 0.25) is 0 Å². The van der Waals surface area contributed by atoms with Crippen molar-refractivity contribution in [3.05, 3.63) is 65.7 Å². The summed E-state index contributed by atoms with van der Waals surface area (Å²) in [5, 5.41) is 2.92. The summed E-state index contributed by atoms with van der Waals surface area (Å²) in [4.78, 5) is 27.1. The minimum absolute atomic E-state index is 0.109. The van der Waals surface area contributed by atoms with Gasteiger partial charge >= 0.3 is 0 Å². The number of amides is 2. The fourth-order valence-corrected chi connectivity index (χ4v) is 2.83. The third-order valence-corrected chi connectivity index (χ3v) is 4.70. The van der Waals surface area contributed by atoms with E-state index in [1.807, 2.05) is 49.4 Å². The average Bonchev–Trinajstić information content (AvgIpc) is 2.71. The summed E-state index contributed by atoms with van der Waals surface area (Å²) in [5.74, 6) is 0.270. The first-order valence-electron chi connectivity index (χ1n) is 9.82. The molecule has 2 aromatic carbocycles. The Kier molecular flexibility index (Phi) is 8.53. The number of hydrogen-bond donors (Lipinski definition) is 1. The Balaban J connectivity index is 2.11. The molecule has 0 spiro atoms. The first kappa shape index (κ1) is 21.5. The maximum atomic E-state index is 12.9. The molecule has 5 heteroatoms. The van der Waals surface area contributed by atoms with E-state index in [0.717, 1.165) is 24.0 Å². The van der Waals surface area contributed by atoms with Crippen LogP contribution in [0, 0.1) is 6.92 Å². The van der Waals surface area contributed by atoms with Gasteiger partial charge in [0.15, 0.2) is 6.61 Å². The second-order valence-electron chi connectivity index (χ2n) is 6.87. The molecule has 28 heavy (non-hydrogen) atoms. The Morgan fingerprint density at radius 3 is 2.43 bits per heavy atom. The summed E-state index contributed by atoms with van der Waals surface area (Å²) in [5.41, 5.74) is 2.10. The van der Waals surface area contributed by atoms with Crippen molar-refractivity contribution < 1.29 is 14.3 Å². The largest absolute Gasteiger partial charge is 0.484 e. The summed E-state index contributed by atoms with van der Waals surface area (Å²) >= 11 is 0. The molecule has 0 saturated heterocycles. The van der Waals surface area contributed by atoms with Crippen molar-refractivity contribution in [2.45, 2.75) is 46.2 Å². The molecule has 2 rings (SSSR count). The van der Waals surface area contributed by atoms with Crippen molar-refractivity contribution >= 4 is 11.8 Å². The summed E-state index contributed by atoms with van der Waals surface area (Å²) in [6.45, 7) is 6.72. The first-order chi connectivity index (χ1) is 13.5. The van der Waals surface area contributed by atoms with Crippen LogP contribution in [0.25, 0.3) is 0 Å². The molecular formula is C23H30N2O3. The fraction of sp³-hybridized carbons (Fsp3) is 0.391. The van der Waals surface area contributed by atoms with E-state index >= 15 is 0 Å². The van der Waals surface area contributed by atoms with E-state index < -0.39 is 6.04 Å². The molecule has 0 aliphatic heterocycles. The van der Waals surface area contributed by atoms with Crippen molar-refractivity contribution in [2.24, 2.45) is 0 Å². The molecule has 0 aliphatic rings. The summed E-state index contributed by atoms with van der Waals surface area (Å²) in [6.07, 6.45) is 1.92. The third-order valence-electron chi connectivity index (χ3n) is 4.70. The van der Waals surface area contributed by atoms with Crippen molar-refractivity contribution in [1.29, 1.82) is 0 Å². The van der Waals surface area contributed by atoms with Crippen LogP contribution in [0.4, 0.5) is 0 Å². The maximum absolute atomic E-state index is 12.9. The number of para-hydroxylation sites is 1. The van der Waals surface area contributed by atoms with Crippen molar-refractivity contribution in [2.75, 3.05) is 13.2 Å². The number of carbonyl (C=O) groups is 2. The quantitative estimate of drug-likeness (QED) is 0.637. The Labute approximate surface area is 167 Å². The van der Waals surface area contributed by atoms with Crippen LogP contribution >= 0.6 is 0 Å². The molecule has 150 valence electrons. The highest BCUT2D eigenvalue weighted by atomic mass is 16.5. The minimum Gasteiger partial charge on any atom is -0.484 e. The lowest BCUT2D eigenvalue weighted by Crippen LogP contribution is -2.49. The highest BCUT2D eigenvalue weighted by Gasteiger charge is 2.26. The van der Waals surface area contributed by atoms with Crippen LogP contribution in [0.5, 0.6) is 5.75 Å². The highest BCUT2D eigenvalue weighted by Crippen LogP contribution is 2.15. The SMILES string of the molecule is CCCCNC(=O)C(C)N(Cc1ccccc1C)C(=O)COc1ccccc1. The molecule has 0 aliphatic carbocycles. The molecule has 0 radical (unpaired) electrons. The van der Waals surface area contributed by atoms with E-state index in [-0.39, 0.29) is 18.4 Å². The van der Waals surface area contributed by atoms with E-state index in [1.54, 1.807) is 24.0 Å². The van der Waals surface area contributed by atoms with Gasteiger partial charge in [-0.1, -0.05) is 55.8 Å². The number of rotatable bonds is 10. The van der Waals surface area contributed by atoms with E-state index in [9.17, 15) is 9.59 Å². The lowest BCUT2D eigenvalue weighted by molar-refractivity contribution is -0.142. The maximum Gasteiger partial charge on any atom is 0.261 e. The van der Waals surface area contributed by atoms with Gasteiger partial charge in [-0.15, -0.1) is 0 Å². The van der Waals surface area contributed by atoms with Gasteiger partial charge in [0.25, 0.3) is 5.91 Å². The monoisotopic (exact) mass is 382 g/mol. The molecule has 0 saturated carbocycles. The smallest absolute Gasteiger partial charge is 0.261 e. The van der Waals surface area contributed by atoms with Gasteiger partial charge in [0.1, 0.15) is 11.8 Å². The van der Waals surface area contributed by atoms with Gasteiger partial charge in [0.2, 0.25) is 5.91 Å². The van der Waals surface area contributed by atoms with Gasteiger partial charge in [-0.25, -0.2) is 0 Å². The Bertz CT molecular complexity index is 761. The number of hydrogen-bond acceptors (Lipinski definition) is 3. The van der Waals surface area contributed by atoms with Crippen LogP contribution in [0.1, 0.15) is 37.8 Å². The second kappa shape index (κ2) is 11.1. The van der Waals surface area contributed by atoms with Crippen LogP contribution in [0.15, 0.2) is 54.6 Å². The van der Waals surface area contributed by atoms with E-state index in [1.165, 1.54) is 0 Å². The Morgan fingerprint density at radius 1 is 1.07 bits per heavy atom. The molecule has 0 aromatic heterocycles. The number of carbonyl (C=O) groups excluding carboxylic acids is 2. The second-order valence-corrected chi connectivity index (χ2v) is 6.87. The first-order valence-corrected chi connectivity index (χ1v) is 9.82. The molecule has 0 bridgehead atoms. The van der Waals surface area contributed by atoms with E-state index in [2.05, 4.69) is 12.2 Å². The van der Waals surface area contributed by atoms with Gasteiger partial charge in [-0.2, -0.15) is 0 Å². The summed E-state index contributed by atoms with van der Waals surface area (Å²) < 4.78 is 5.62. The average molecular weight is 383 g/mol. The number of aryl methyl sites for hydroxylation is 1. The van der Waals surface area contributed by atoms with Crippen LogP contribution in [0.3, 0.4) is 0 Å². The van der Waals surface area contributed by atoms with Crippen molar-refractivity contribution in [1.82, 2.24) is 10.2 Å². The molecule has 5 nitrogen and oxygen atoms in total. The zero-order chi connectivity index (χ0) is 20.4. The molecule has 0 heterocycles. The Hall–Kier alpha value is -2.82.